The van der Waals surface area contributed by atoms with E-state index in [1.807, 2.05) is 66.7 Å². The van der Waals surface area contributed by atoms with Crippen LogP contribution in [0.1, 0.15) is 40.0 Å². The molecule has 4 aromatic carbocycles. The third kappa shape index (κ3) is 3.79. The molecule has 0 heterocycles. The molecule has 0 aliphatic carbocycles. The standard InChI is InChI=1S/C27H24O3/c28-25(20-10-4-1-5-11-20)21-16-18-24(19-17-21)27(30,23-14-8-3-9-15-23)26(29)22-12-6-2-7-13-22/h1-19,25-26,28-30H. The van der Waals surface area contributed by atoms with Crippen molar-refractivity contribution in [3.05, 3.63) is 143 Å². The fourth-order valence-electron chi connectivity index (χ4n) is 3.80. The quantitative estimate of drug-likeness (QED) is 0.441. The van der Waals surface area contributed by atoms with Gasteiger partial charge in [-0.05, 0) is 27.8 Å². The fraction of sp³-hybridized carbons (Fsp3) is 0.111. The molecule has 0 aliphatic heterocycles. The van der Waals surface area contributed by atoms with Crippen molar-refractivity contribution in [2.24, 2.45) is 0 Å². The largest absolute Gasteiger partial charge is 0.385 e. The van der Waals surface area contributed by atoms with Crippen molar-refractivity contribution in [1.29, 1.82) is 0 Å². The van der Waals surface area contributed by atoms with Gasteiger partial charge in [-0.15, -0.1) is 0 Å². The molecule has 0 fully saturated rings. The number of rotatable bonds is 6. The van der Waals surface area contributed by atoms with E-state index >= 15 is 0 Å². The summed E-state index contributed by atoms with van der Waals surface area (Å²) in [4.78, 5) is 0. The molecule has 0 spiro atoms. The number of aliphatic hydroxyl groups is 3. The maximum atomic E-state index is 11.8. The highest BCUT2D eigenvalue weighted by Gasteiger charge is 2.40. The highest BCUT2D eigenvalue weighted by atomic mass is 16.3. The summed E-state index contributed by atoms with van der Waals surface area (Å²) in [7, 11) is 0. The first-order valence-electron chi connectivity index (χ1n) is 9.95. The lowest BCUT2D eigenvalue weighted by Gasteiger charge is -2.34. The minimum Gasteiger partial charge on any atom is -0.385 e. The van der Waals surface area contributed by atoms with E-state index in [9.17, 15) is 15.3 Å². The third-order valence-corrected chi connectivity index (χ3v) is 5.51. The van der Waals surface area contributed by atoms with E-state index in [1.54, 1.807) is 48.5 Å². The molecular formula is C27H24O3. The summed E-state index contributed by atoms with van der Waals surface area (Å²) >= 11 is 0. The molecule has 3 unspecified atom stereocenters. The molecule has 0 aliphatic rings. The second-order valence-electron chi connectivity index (χ2n) is 7.38. The first-order valence-corrected chi connectivity index (χ1v) is 9.95. The van der Waals surface area contributed by atoms with Crippen LogP contribution in [0.25, 0.3) is 0 Å². The van der Waals surface area contributed by atoms with E-state index in [0.29, 0.717) is 16.7 Å². The molecule has 30 heavy (non-hydrogen) atoms. The molecule has 3 N–H and O–H groups in total. The maximum Gasteiger partial charge on any atom is 0.145 e. The lowest BCUT2D eigenvalue weighted by Crippen LogP contribution is -2.35. The summed E-state index contributed by atoms with van der Waals surface area (Å²) in [5.41, 5.74) is 1.64. The molecule has 0 radical (unpaired) electrons. The zero-order valence-corrected chi connectivity index (χ0v) is 16.5. The van der Waals surface area contributed by atoms with E-state index in [1.165, 1.54) is 0 Å². The molecule has 0 bridgehead atoms. The summed E-state index contributed by atoms with van der Waals surface area (Å²) in [6.45, 7) is 0. The van der Waals surface area contributed by atoms with Gasteiger partial charge >= 0.3 is 0 Å². The van der Waals surface area contributed by atoms with Gasteiger partial charge in [-0.2, -0.15) is 0 Å². The van der Waals surface area contributed by atoms with Crippen LogP contribution in [0.15, 0.2) is 115 Å². The average Bonchev–Trinajstić information content (AvgIpc) is 2.84. The van der Waals surface area contributed by atoms with E-state index in [4.69, 9.17) is 0 Å². The van der Waals surface area contributed by atoms with Gasteiger partial charge in [-0.1, -0.05) is 115 Å². The molecule has 0 amide bonds. The van der Waals surface area contributed by atoms with Gasteiger partial charge in [0.25, 0.3) is 0 Å². The Morgan fingerprint density at radius 3 is 1.40 bits per heavy atom. The van der Waals surface area contributed by atoms with Gasteiger partial charge < -0.3 is 15.3 Å². The minimum absolute atomic E-state index is 0.550. The number of aliphatic hydroxyl groups excluding tert-OH is 2. The van der Waals surface area contributed by atoms with E-state index < -0.39 is 17.8 Å². The van der Waals surface area contributed by atoms with Crippen LogP contribution in [0, 0.1) is 0 Å². The molecule has 0 saturated heterocycles. The predicted molar refractivity (Wildman–Crippen MR) is 118 cm³/mol. The molecule has 0 saturated carbocycles. The van der Waals surface area contributed by atoms with Crippen molar-refractivity contribution in [2.75, 3.05) is 0 Å². The van der Waals surface area contributed by atoms with Gasteiger partial charge in [0.15, 0.2) is 0 Å². The summed E-state index contributed by atoms with van der Waals surface area (Å²) < 4.78 is 0. The van der Waals surface area contributed by atoms with Crippen molar-refractivity contribution < 1.29 is 15.3 Å². The number of benzene rings is 4. The zero-order chi connectivity index (χ0) is 21.0. The lowest BCUT2D eigenvalue weighted by molar-refractivity contribution is -0.0517. The van der Waals surface area contributed by atoms with E-state index in [0.717, 1.165) is 11.1 Å². The Morgan fingerprint density at radius 1 is 0.467 bits per heavy atom. The van der Waals surface area contributed by atoms with Gasteiger partial charge in [-0.3, -0.25) is 0 Å². The maximum absolute atomic E-state index is 11.8. The van der Waals surface area contributed by atoms with Gasteiger partial charge in [0.1, 0.15) is 17.8 Å². The third-order valence-electron chi connectivity index (χ3n) is 5.51. The summed E-state index contributed by atoms with van der Waals surface area (Å²) in [6, 6.07) is 34.8. The van der Waals surface area contributed by atoms with Crippen molar-refractivity contribution in [3.8, 4) is 0 Å². The molecule has 150 valence electrons. The van der Waals surface area contributed by atoms with Gasteiger partial charge in [0.2, 0.25) is 0 Å². The molecule has 3 heteroatoms. The van der Waals surface area contributed by atoms with Crippen LogP contribution in [0.2, 0.25) is 0 Å². The SMILES string of the molecule is OC(c1ccccc1)c1ccc(C(O)(c2ccccc2)C(O)c2ccccc2)cc1. The average molecular weight is 396 g/mol. The smallest absolute Gasteiger partial charge is 0.145 e. The summed E-state index contributed by atoms with van der Waals surface area (Å²) in [5.74, 6) is 0. The molecule has 4 rings (SSSR count). The Balaban J connectivity index is 1.75. The summed E-state index contributed by atoms with van der Waals surface area (Å²) in [5, 5.41) is 33.7. The molecule has 3 nitrogen and oxygen atoms in total. The van der Waals surface area contributed by atoms with Crippen LogP contribution in [0.5, 0.6) is 0 Å². The normalized spacial score (nSPS) is 15.2. The van der Waals surface area contributed by atoms with Gasteiger partial charge in [-0.25, -0.2) is 0 Å². The van der Waals surface area contributed by atoms with Crippen molar-refractivity contribution in [3.63, 3.8) is 0 Å². The highest BCUT2D eigenvalue weighted by Crippen LogP contribution is 2.41. The second-order valence-corrected chi connectivity index (χ2v) is 7.38. The van der Waals surface area contributed by atoms with Crippen LogP contribution in [-0.2, 0) is 5.60 Å². The van der Waals surface area contributed by atoms with Crippen molar-refractivity contribution in [1.82, 2.24) is 0 Å². The second kappa shape index (κ2) is 8.64. The Morgan fingerprint density at radius 2 is 0.867 bits per heavy atom. The number of hydrogen-bond acceptors (Lipinski definition) is 3. The topological polar surface area (TPSA) is 60.7 Å². The molecular weight excluding hydrogens is 372 g/mol. The highest BCUT2D eigenvalue weighted by molar-refractivity contribution is 5.42. The van der Waals surface area contributed by atoms with Crippen molar-refractivity contribution in [2.45, 2.75) is 17.8 Å². The van der Waals surface area contributed by atoms with Crippen LogP contribution >= 0.6 is 0 Å². The van der Waals surface area contributed by atoms with Gasteiger partial charge in [0, 0.05) is 0 Å². The fourth-order valence-corrected chi connectivity index (χ4v) is 3.80. The van der Waals surface area contributed by atoms with Gasteiger partial charge in [0.05, 0.1) is 0 Å². The van der Waals surface area contributed by atoms with E-state index in [-0.39, 0.29) is 0 Å². The first kappa shape index (κ1) is 20.0. The molecule has 0 aromatic heterocycles. The minimum atomic E-state index is -1.64. The Kier molecular flexibility index (Phi) is 5.77. The van der Waals surface area contributed by atoms with Crippen molar-refractivity contribution >= 4 is 0 Å². The van der Waals surface area contributed by atoms with Crippen LogP contribution in [-0.4, -0.2) is 15.3 Å². The lowest BCUT2D eigenvalue weighted by atomic mass is 9.78. The van der Waals surface area contributed by atoms with Crippen LogP contribution < -0.4 is 0 Å². The Bertz CT molecular complexity index is 1060. The zero-order valence-electron chi connectivity index (χ0n) is 16.5. The number of hydrogen-bond donors (Lipinski definition) is 3. The van der Waals surface area contributed by atoms with Crippen LogP contribution in [0.4, 0.5) is 0 Å². The Labute approximate surface area is 176 Å². The first-order chi connectivity index (χ1) is 14.6. The molecule has 3 atom stereocenters. The predicted octanol–water partition coefficient (Wildman–Crippen LogP) is 4.74. The molecule has 4 aromatic rings. The monoisotopic (exact) mass is 396 g/mol. The van der Waals surface area contributed by atoms with Crippen LogP contribution in [0.3, 0.4) is 0 Å². The Hall–Kier alpha value is -3.24. The summed E-state index contributed by atoms with van der Waals surface area (Å²) in [6.07, 6.45) is -1.92. The van der Waals surface area contributed by atoms with E-state index in [2.05, 4.69) is 0 Å².